The Labute approximate surface area is 129 Å². The molecule has 0 aliphatic heterocycles. The van der Waals surface area contributed by atoms with Gasteiger partial charge in [0.05, 0.1) is 6.04 Å². The summed E-state index contributed by atoms with van der Waals surface area (Å²) in [6.45, 7) is 1.91. The van der Waals surface area contributed by atoms with Crippen LogP contribution in [-0.4, -0.2) is 19.0 Å². The van der Waals surface area contributed by atoms with Crippen molar-refractivity contribution < 1.29 is 9.59 Å². The van der Waals surface area contributed by atoms with Gasteiger partial charge in [-0.05, 0) is 30.7 Å². The zero-order chi connectivity index (χ0) is 15.9. The molecule has 0 aromatic heterocycles. The molecule has 0 aliphatic carbocycles. The molecule has 0 spiro atoms. The zero-order valence-electron chi connectivity index (χ0n) is 12.6. The Morgan fingerprint density at radius 1 is 1.00 bits per heavy atom. The third-order valence-electron chi connectivity index (χ3n) is 3.26. The first kappa shape index (κ1) is 15.6. The van der Waals surface area contributed by atoms with Crippen molar-refractivity contribution in [3.8, 4) is 0 Å². The van der Waals surface area contributed by atoms with E-state index < -0.39 is 0 Å². The number of nitrogens with one attached hydrogen (secondary N) is 3. The highest BCUT2D eigenvalue weighted by atomic mass is 16.2. The van der Waals surface area contributed by atoms with Gasteiger partial charge in [-0.3, -0.25) is 4.79 Å². The van der Waals surface area contributed by atoms with Crippen LogP contribution in [0.2, 0.25) is 0 Å². The van der Waals surface area contributed by atoms with Crippen LogP contribution in [0.4, 0.5) is 10.5 Å². The van der Waals surface area contributed by atoms with E-state index in [9.17, 15) is 9.59 Å². The van der Waals surface area contributed by atoms with Crippen LogP contribution < -0.4 is 16.0 Å². The molecule has 114 valence electrons. The molecule has 2 aromatic carbocycles. The van der Waals surface area contributed by atoms with Gasteiger partial charge in [0, 0.05) is 18.3 Å². The van der Waals surface area contributed by atoms with E-state index in [0.29, 0.717) is 11.3 Å². The number of anilines is 1. The second kappa shape index (κ2) is 7.26. The number of urea groups is 1. The van der Waals surface area contributed by atoms with E-state index in [1.165, 1.54) is 0 Å². The van der Waals surface area contributed by atoms with Crippen molar-refractivity contribution in [3.05, 3.63) is 65.7 Å². The highest BCUT2D eigenvalue weighted by molar-refractivity contribution is 5.96. The van der Waals surface area contributed by atoms with Crippen LogP contribution in [0, 0.1) is 0 Å². The van der Waals surface area contributed by atoms with Crippen LogP contribution in [0.3, 0.4) is 0 Å². The first-order valence-corrected chi connectivity index (χ1v) is 7.04. The summed E-state index contributed by atoms with van der Waals surface area (Å²) in [4.78, 5) is 23.6. The van der Waals surface area contributed by atoms with Crippen LogP contribution >= 0.6 is 0 Å². The quantitative estimate of drug-likeness (QED) is 0.812. The Morgan fingerprint density at radius 2 is 1.73 bits per heavy atom. The van der Waals surface area contributed by atoms with Gasteiger partial charge < -0.3 is 16.0 Å². The Kier molecular flexibility index (Phi) is 5.14. The molecule has 0 radical (unpaired) electrons. The van der Waals surface area contributed by atoms with E-state index in [4.69, 9.17) is 0 Å². The van der Waals surface area contributed by atoms with Crippen LogP contribution in [0.1, 0.15) is 28.9 Å². The van der Waals surface area contributed by atoms with Gasteiger partial charge in [0.2, 0.25) is 0 Å². The van der Waals surface area contributed by atoms with Crippen molar-refractivity contribution in [1.29, 1.82) is 0 Å². The fraction of sp³-hybridized carbons (Fsp3) is 0.176. The van der Waals surface area contributed by atoms with Crippen molar-refractivity contribution in [2.45, 2.75) is 13.0 Å². The van der Waals surface area contributed by atoms with Crippen LogP contribution in [-0.2, 0) is 0 Å². The number of rotatable bonds is 4. The topological polar surface area (TPSA) is 70.2 Å². The molecule has 0 saturated heterocycles. The molecule has 1 atom stereocenters. The lowest BCUT2D eigenvalue weighted by Gasteiger charge is -2.15. The maximum Gasteiger partial charge on any atom is 0.319 e. The first-order valence-electron chi connectivity index (χ1n) is 7.04. The van der Waals surface area contributed by atoms with E-state index in [0.717, 1.165) is 5.56 Å². The number of hydrogen-bond donors (Lipinski definition) is 3. The van der Waals surface area contributed by atoms with Gasteiger partial charge in [0.15, 0.2) is 0 Å². The van der Waals surface area contributed by atoms with Gasteiger partial charge in [0.25, 0.3) is 5.91 Å². The van der Waals surface area contributed by atoms with E-state index in [1.54, 1.807) is 31.3 Å². The Bertz CT molecular complexity index is 656. The predicted octanol–water partition coefficient (Wildman–Crippen LogP) is 2.93. The summed E-state index contributed by atoms with van der Waals surface area (Å²) in [5, 5.41) is 8.14. The average molecular weight is 297 g/mol. The van der Waals surface area contributed by atoms with Crippen molar-refractivity contribution in [3.63, 3.8) is 0 Å². The fourth-order valence-corrected chi connectivity index (χ4v) is 2.07. The van der Waals surface area contributed by atoms with Crippen molar-refractivity contribution in [2.24, 2.45) is 0 Å². The summed E-state index contributed by atoms with van der Waals surface area (Å²) >= 11 is 0. The Balaban J connectivity index is 1.99. The second-order valence-electron chi connectivity index (χ2n) is 4.89. The summed E-state index contributed by atoms with van der Waals surface area (Å²) in [6.07, 6.45) is 0. The molecule has 1 unspecified atom stereocenters. The fourth-order valence-electron chi connectivity index (χ4n) is 2.07. The molecule has 3 amide bonds. The van der Waals surface area contributed by atoms with Crippen molar-refractivity contribution in [2.75, 3.05) is 12.4 Å². The molecule has 2 aromatic rings. The zero-order valence-corrected chi connectivity index (χ0v) is 12.6. The third kappa shape index (κ3) is 4.09. The lowest BCUT2D eigenvalue weighted by atomic mass is 10.1. The molecule has 0 aliphatic rings. The minimum atomic E-state index is -0.314. The molecular formula is C17H19N3O2. The standard InChI is InChI=1S/C17H19N3O2/c1-12(13-7-4-3-5-8-13)19-17(22)20-15-10-6-9-14(11-15)16(21)18-2/h3-12H,1-2H3,(H,18,21)(H2,19,20,22). The maximum absolute atomic E-state index is 12.0. The van der Waals surface area contributed by atoms with Gasteiger partial charge in [-0.15, -0.1) is 0 Å². The minimum absolute atomic E-state index is 0.108. The van der Waals surface area contributed by atoms with Crippen LogP contribution in [0.25, 0.3) is 0 Å². The molecular weight excluding hydrogens is 278 g/mol. The molecule has 0 fully saturated rings. The van der Waals surface area contributed by atoms with Gasteiger partial charge in [-0.2, -0.15) is 0 Å². The number of carbonyl (C=O) groups excluding carboxylic acids is 2. The number of hydrogen-bond acceptors (Lipinski definition) is 2. The summed E-state index contributed by atoms with van der Waals surface area (Å²) in [6, 6.07) is 16.1. The molecule has 5 nitrogen and oxygen atoms in total. The maximum atomic E-state index is 12.0. The monoisotopic (exact) mass is 297 g/mol. The SMILES string of the molecule is CNC(=O)c1cccc(NC(=O)NC(C)c2ccccc2)c1. The third-order valence-corrected chi connectivity index (χ3v) is 3.26. The van der Waals surface area contributed by atoms with E-state index in [2.05, 4.69) is 16.0 Å². The lowest BCUT2D eigenvalue weighted by molar-refractivity contribution is 0.0963. The largest absolute Gasteiger partial charge is 0.355 e. The van der Waals surface area contributed by atoms with E-state index >= 15 is 0 Å². The molecule has 0 saturated carbocycles. The summed E-state index contributed by atoms with van der Waals surface area (Å²) in [5.74, 6) is -0.193. The number of benzene rings is 2. The van der Waals surface area contributed by atoms with Crippen molar-refractivity contribution in [1.82, 2.24) is 10.6 Å². The normalized spacial score (nSPS) is 11.4. The summed E-state index contributed by atoms with van der Waals surface area (Å²) in [7, 11) is 1.57. The number of amides is 3. The van der Waals surface area contributed by atoms with E-state index in [1.807, 2.05) is 37.3 Å². The summed E-state index contributed by atoms with van der Waals surface area (Å²) in [5.41, 5.74) is 2.09. The number of carbonyl (C=O) groups is 2. The molecule has 5 heteroatoms. The van der Waals surface area contributed by atoms with Gasteiger partial charge in [0.1, 0.15) is 0 Å². The highest BCUT2D eigenvalue weighted by Gasteiger charge is 2.10. The summed E-state index contributed by atoms with van der Waals surface area (Å²) < 4.78 is 0. The smallest absolute Gasteiger partial charge is 0.319 e. The lowest BCUT2D eigenvalue weighted by Crippen LogP contribution is -2.31. The molecule has 22 heavy (non-hydrogen) atoms. The predicted molar refractivity (Wildman–Crippen MR) is 86.8 cm³/mol. The molecule has 0 bridgehead atoms. The van der Waals surface area contributed by atoms with Crippen molar-refractivity contribution >= 4 is 17.6 Å². The molecule has 0 heterocycles. The Hall–Kier alpha value is -2.82. The molecule has 2 rings (SSSR count). The minimum Gasteiger partial charge on any atom is -0.355 e. The first-order chi connectivity index (χ1) is 10.6. The van der Waals surface area contributed by atoms with Gasteiger partial charge in [-0.1, -0.05) is 36.4 Å². The van der Waals surface area contributed by atoms with E-state index in [-0.39, 0.29) is 18.0 Å². The Morgan fingerprint density at radius 3 is 2.41 bits per heavy atom. The second-order valence-corrected chi connectivity index (χ2v) is 4.89. The van der Waals surface area contributed by atoms with Crippen LogP contribution in [0.5, 0.6) is 0 Å². The van der Waals surface area contributed by atoms with Gasteiger partial charge in [-0.25, -0.2) is 4.79 Å². The average Bonchev–Trinajstić information content (AvgIpc) is 2.55. The van der Waals surface area contributed by atoms with Gasteiger partial charge >= 0.3 is 6.03 Å². The highest BCUT2D eigenvalue weighted by Crippen LogP contribution is 2.13. The van der Waals surface area contributed by atoms with Crippen LogP contribution in [0.15, 0.2) is 54.6 Å². The molecule has 3 N–H and O–H groups in total.